The number of benzene rings is 1. The summed E-state index contributed by atoms with van der Waals surface area (Å²) in [5.41, 5.74) is 2.39. The largest absolute Gasteiger partial charge is 0.350 e. The summed E-state index contributed by atoms with van der Waals surface area (Å²) < 4.78 is 2.16. The lowest BCUT2D eigenvalue weighted by Gasteiger charge is -2.20. The maximum atomic E-state index is 6.24. The van der Waals surface area contributed by atoms with Crippen LogP contribution in [0.4, 0.5) is 0 Å². The van der Waals surface area contributed by atoms with Crippen LogP contribution in [-0.2, 0) is 6.54 Å². The second-order valence-corrected chi connectivity index (χ2v) is 6.48. The van der Waals surface area contributed by atoms with Gasteiger partial charge in [0.2, 0.25) is 0 Å². The van der Waals surface area contributed by atoms with Crippen molar-refractivity contribution in [1.82, 2.24) is 9.88 Å². The minimum Gasteiger partial charge on any atom is -0.350 e. The fraction of sp³-hybridized carbons (Fsp3) is 0.412. The van der Waals surface area contributed by atoms with Gasteiger partial charge in [0.25, 0.3) is 0 Å². The van der Waals surface area contributed by atoms with E-state index in [9.17, 15) is 0 Å². The van der Waals surface area contributed by atoms with Gasteiger partial charge in [-0.25, -0.2) is 0 Å². The minimum absolute atomic E-state index is 0.386. The first kappa shape index (κ1) is 16.4. The third-order valence-electron chi connectivity index (χ3n) is 3.59. The second-order valence-electron chi connectivity index (χ2n) is 5.63. The Hall–Kier alpha value is -0.960. The average molecular weight is 325 g/mol. The Bertz CT molecular complexity index is 590. The van der Waals surface area contributed by atoms with E-state index < -0.39 is 0 Å². The Morgan fingerprint density at radius 2 is 1.95 bits per heavy atom. The van der Waals surface area contributed by atoms with Crippen LogP contribution in [0.3, 0.4) is 0 Å². The van der Waals surface area contributed by atoms with Gasteiger partial charge in [0.1, 0.15) is 0 Å². The Morgan fingerprint density at radius 1 is 1.19 bits per heavy atom. The van der Waals surface area contributed by atoms with Gasteiger partial charge >= 0.3 is 0 Å². The molecule has 114 valence electrons. The second kappa shape index (κ2) is 7.35. The summed E-state index contributed by atoms with van der Waals surface area (Å²) in [7, 11) is 0. The SMILES string of the molecule is CCNC(c1ccn(Cc2ccc(Cl)cc2Cl)c1)C(C)C. The molecule has 0 aliphatic rings. The van der Waals surface area contributed by atoms with Gasteiger partial charge in [-0.2, -0.15) is 0 Å². The highest BCUT2D eigenvalue weighted by molar-refractivity contribution is 6.35. The van der Waals surface area contributed by atoms with Crippen LogP contribution in [0.25, 0.3) is 0 Å². The van der Waals surface area contributed by atoms with Crippen molar-refractivity contribution in [1.29, 1.82) is 0 Å². The zero-order valence-corrected chi connectivity index (χ0v) is 14.2. The summed E-state index contributed by atoms with van der Waals surface area (Å²) in [6.45, 7) is 8.34. The van der Waals surface area contributed by atoms with E-state index in [0.717, 1.165) is 18.7 Å². The number of hydrogen-bond donors (Lipinski definition) is 1. The number of nitrogens with one attached hydrogen (secondary N) is 1. The molecule has 2 rings (SSSR count). The molecular weight excluding hydrogens is 303 g/mol. The van der Waals surface area contributed by atoms with Gasteiger partial charge in [-0.05, 0) is 41.8 Å². The summed E-state index contributed by atoms with van der Waals surface area (Å²) in [6, 6.07) is 8.21. The van der Waals surface area contributed by atoms with E-state index in [2.05, 4.69) is 49.1 Å². The molecule has 1 heterocycles. The van der Waals surface area contributed by atoms with Crippen molar-refractivity contribution in [3.05, 3.63) is 57.8 Å². The molecule has 1 N–H and O–H groups in total. The normalized spacial score (nSPS) is 12.9. The highest BCUT2D eigenvalue weighted by atomic mass is 35.5. The first-order valence-corrected chi connectivity index (χ1v) is 8.09. The zero-order chi connectivity index (χ0) is 15.4. The zero-order valence-electron chi connectivity index (χ0n) is 12.7. The van der Waals surface area contributed by atoms with Gasteiger partial charge in [0.05, 0.1) is 0 Å². The molecule has 2 aromatic rings. The van der Waals surface area contributed by atoms with Gasteiger partial charge in [-0.3, -0.25) is 0 Å². The van der Waals surface area contributed by atoms with Crippen molar-refractivity contribution in [3.63, 3.8) is 0 Å². The highest BCUT2D eigenvalue weighted by Gasteiger charge is 2.15. The molecule has 0 saturated carbocycles. The van der Waals surface area contributed by atoms with E-state index in [1.807, 2.05) is 12.1 Å². The predicted octanol–water partition coefficient (Wildman–Crippen LogP) is 5.15. The average Bonchev–Trinajstić information content (AvgIpc) is 2.87. The fourth-order valence-electron chi connectivity index (χ4n) is 2.55. The number of rotatable bonds is 6. The van der Waals surface area contributed by atoms with Crippen LogP contribution in [0.15, 0.2) is 36.7 Å². The number of hydrogen-bond acceptors (Lipinski definition) is 1. The lowest BCUT2D eigenvalue weighted by atomic mass is 9.98. The molecule has 1 aromatic carbocycles. The number of halogens is 2. The van der Waals surface area contributed by atoms with Crippen molar-refractivity contribution in [3.8, 4) is 0 Å². The van der Waals surface area contributed by atoms with E-state index in [4.69, 9.17) is 23.2 Å². The molecule has 0 bridgehead atoms. The van der Waals surface area contributed by atoms with Crippen molar-refractivity contribution in [2.24, 2.45) is 5.92 Å². The molecule has 4 heteroatoms. The van der Waals surface area contributed by atoms with Crippen LogP contribution < -0.4 is 5.32 Å². The quantitative estimate of drug-likeness (QED) is 0.777. The summed E-state index contributed by atoms with van der Waals surface area (Å²) in [4.78, 5) is 0. The van der Waals surface area contributed by atoms with E-state index in [1.165, 1.54) is 5.56 Å². The van der Waals surface area contributed by atoms with Crippen molar-refractivity contribution in [2.75, 3.05) is 6.54 Å². The summed E-state index contributed by atoms with van der Waals surface area (Å²) in [6.07, 6.45) is 4.30. The van der Waals surface area contributed by atoms with E-state index in [-0.39, 0.29) is 0 Å². The topological polar surface area (TPSA) is 17.0 Å². The van der Waals surface area contributed by atoms with Crippen LogP contribution in [0.5, 0.6) is 0 Å². The molecule has 1 unspecified atom stereocenters. The monoisotopic (exact) mass is 324 g/mol. The summed E-state index contributed by atoms with van der Waals surface area (Å²) in [5, 5.41) is 4.92. The molecule has 0 amide bonds. The standard InChI is InChI=1S/C17H22Cl2N2/c1-4-20-17(12(2)3)14-7-8-21(11-14)10-13-5-6-15(18)9-16(13)19/h5-9,11-12,17,20H,4,10H2,1-3H3. The van der Waals surface area contributed by atoms with Crippen molar-refractivity contribution >= 4 is 23.2 Å². The molecule has 0 saturated heterocycles. The molecule has 0 aliphatic carbocycles. The van der Waals surface area contributed by atoms with E-state index >= 15 is 0 Å². The maximum absolute atomic E-state index is 6.24. The minimum atomic E-state index is 0.386. The van der Waals surface area contributed by atoms with Crippen LogP contribution in [0.1, 0.15) is 37.9 Å². The van der Waals surface area contributed by atoms with E-state index in [1.54, 1.807) is 6.07 Å². The van der Waals surface area contributed by atoms with Crippen LogP contribution in [0.2, 0.25) is 10.0 Å². The van der Waals surface area contributed by atoms with E-state index in [0.29, 0.717) is 22.0 Å². The third kappa shape index (κ3) is 4.26. The van der Waals surface area contributed by atoms with Gasteiger partial charge in [-0.1, -0.05) is 50.0 Å². The molecule has 0 spiro atoms. The lowest BCUT2D eigenvalue weighted by molar-refractivity contribution is 0.421. The van der Waals surface area contributed by atoms with Crippen molar-refractivity contribution < 1.29 is 0 Å². The fourth-order valence-corrected chi connectivity index (χ4v) is 3.01. The first-order chi connectivity index (χ1) is 10.0. The van der Waals surface area contributed by atoms with Gasteiger partial charge < -0.3 is 9.88 Å². The summed E-state index contributed by atoms with van der Waals surface area (Å²) >= 11 is 12.2. The molecule has 0 aliphatic heterocycles. The highest BCUT2D eigenvalue weighted by Crippen LogP contribution is 2.24. The molecule has 1 atom stereocenters. The first-order valence-electron chi connectivity index (χ1n) is 7.34. The van der Waals surface area contributed by atoms with Crippen LogP contribution >= 0.6 is 23.2 Å². The molecule has 0 radical (unpaired) electrons. The Morgan fingerprint density at radius 3 is 2.57 bits per heavy atom. The predicted molar refractivity (Wildman–Crippen MR) is 91.3 cm³/mol. The number of nitrogens with zero attached hydrogens (tertiary/aromatic N) is 1. The Balaban J connectivity index is 2.15. The van der Waals surface area contributed by atoms with Gasteiger partial charge in [-0.15, -0.1) is 0 Å². The molecule has 1 aromatic heterocycles. The maximum Gasteiger partial charge on any atom is 0.0485 e. The Labute approximate surface area is 137 Å². The molecule has 0 fully saturated rings. The van der Waals surface area contributed by atoms with Gasteiger partial charge in [0, 0.05) is 35.0 Å². The molecule has 2 nitrogen and oxygen atoms in total. The smallest absolute Gasteiger partial charge is 0.0485 e. The molecular formula is C17H22Cl2N2. The number of aromatic nitrogens is 1. The molecule has 21 heavy (non-hydrogen) atoms. The lowest BCUT2D eigenvalue weighted by Crippen LogP contribution is -2.25. The van der Waals surface area contributed by atoms with Crippen LogP contribution in [-0.4, -0.2) is 11.1 Å². The van der Waals surface area contributed by atoms with Gasteiger partial charge in [0.15, 0.2) is 0 Å². The summed E-state index contributed by atoms with van der Waals surface area (Å²) in [5.74, 6) is 0.555. The van der Waals surface area contributed by atoms with Crippen LogP contribution in [0, 0.1) is 5.92 Å². The third-order valence-corrected chi connectivity index (χ3v) is 4.18. The van der Waals surface area contributed by atoms with Crippen molar-refractivity contribution in [2.45, 2.75) is 33.4 Å². The Kier molecular flexibility index (Phi) is 5.74.